The zero-order valence-corrected chi connectivity index (χ0v) is 10.6. The molecule has 0 bridgehead atoms. The van der Waals surface area contributed by atoms with Crippen molar-refractivity contribution >= 4 is 11.8 Å². The van der Waals surface area contributed by atoms with Crippen LogP contribution in [0.4, 0.5) is 10.5 Å². The van der Waals surface area contributed by atoms with Crippen LogP contribution in [0.1, 0.15) is 19.8 Å². The SMILES string of the molecule is CCCCOC(=O)Nc1cccc(OCCN)c1. The lowest BCUT2D eigenvalue weighted by Gasteiger charge is -2.08. The number of amides is 1. The van der Waals surface area contributed by atoms with E-state index in [-0.39, 0.29) is 0 Å². The molecule has 3 N–H and O–H groups in total. The molecule has 0 aliphatic carbocycles. The third kappa shape index (κ3) is 5.54. The molecule has 0 aromatic heterocycles. The first-order valence-corrected chi connectivity index (χ1v) is 6.13. The van der Waals surface area contributed by atoms with E-state index in [0.29, 0.717) is 31.2 Å². The zero-order chi connectivity index (χ0) is 13.2. The van der Waals surface area contributed by atoms with Crippen molar-refractivity contribution in [3.63, 3.8) is 0 Å². The van der Waals surface area contributed by atoms with Crippen molar-refractivity contribution in [1.29, 1.82) is 0 Å². The van der Waals surface area contributed by atoms with Crippen molar-refractivity contribution in [2.75, 3.05) is 25.1 Å². The van der Waals surface area contributed by atoms with Crippen LogP contribution in [0, 0.1) is 0 Å². The van der Waals surface area contributed by atoms with Crippen LogP contribution < -0.4 is 15.8 Å². The van der Waals surface area contributed by atoms with Crippen LogP contribution in [0.3, 0.4) is 0 Å². The molecule has 0 fully saturated rings. The average Bonchev–Trinajstić information content (AvgIpc) is 2.37. The fourth-order valence-electron chi connectivity index (χ4n) is 1.30. The van der Waals surface area contributed by atoms with Crippen LogP contribution in [0.2, 0.25) is 0 Å². The first-order chi connectivity index (χ1) is 8.76. The summed E-state index contributed by atoms with van der Waals surface area (Å²) in [5, 5.41) is 2.65. The number of nitrogens with one attached hydrogen (secondary N) is 1. The van der Waals surface area contributed by atoms with Crippen LogP contribution in [-0.2, 0) is 4.74 Å². The van der Waals surface area contributed by atoms with Crippen molar-refractivity contribution in [1.82, 2.24) is 0 Å². The quantitative estimate of drug-likeness (QED) is 0.731. The molecule has 5 nitrogen and oxygen atoms in total. The van der Waals surface area contributed by atoms with Gasteiger partial charge in [-0.05, 0) is 18.6 Å². The number of benzene rings is 1. The Labute approximate surface area is 107 Å². The first-order valence-electron chi connectivity index (χ1n) is 6.13. The van der Waals surface area contributed by atoms with Gasteiger partial charge in [-0.2, -0.15) is 0 Å². The van der Waals surface area contributed by atoms with Crippen molar-refractivity contribution in [2.45, 2.75) is 19.8 Å². The van der Waals surface area contributed by atoms with E-state index in [1.807, 2.05) is 13.0 Å². The van der Waals surface area contributed by atoms with Crippen molar-refractivity contribution in [3.05, 3.63) is 24.3 Å². The molecule has 0 spiro atoms. The third-order valence-corrected chi connectivity index (χ3v) is 2.20. The summed E-state index contributed by atoms with van der Waals surface area (Å²) in [4.78, 5) is 11.4. The van der Waals surface area contributed by atoms with Gasteiger partial charge in [-0.3, -0.25) is 5.32 Å². The van der Waals surface area contributed by atoms with Crippen molar-refractivity contribution in [2.24, 2.45) is 5.73 Å². The summed E-state index contributed by atoms with van der Waals surface area (Å²) in [6, 6.07) is 7.11. The smallest absolute Gasteiger partial charge is 0.411 e. The van der Waals surface area contributed by atoms with Gasteiger partial charge in [0, 0.05) is 18.3 Å². The summed E-state index contributed by atoms with van der Waals surface area (Å²) in [7, 11) is 0. The molecule has 0 aliphatic rings. The Morgan fingerprint density at radius 2 is 2.22 bits per heavy atom. The van der Waals surface area contributed by atoms with E-state index < -0.39 is 6.09 Å². The van der Waals surface area contributed by atoms with Gasteiger partial charge in [0.15, 0.2) is 0 Å². The summed E-state index contributed by atoms with van der Waals surface area (Å²) in [5.41, 5.74) is 5.99. The Balaban J connectivity index is 2.43. The predicted octanol–water partition coefficient (Wildman–Crippen LogP) is 2.37. The fraction of sp³-hybridized carbons (Fsp3) is 0.462. The number of carbonyl (C=O) groups is 1. The van der Waals surface area contributed by atoms with E-state index in [0.717, 1.165) is 12.8 Å². The van der Waals surface area contributed by atoms with E-state index in [9.17, 15) is 4.79 Å². The minimum atomic E-state index is -0.445. The van der Waals surface area contributed by atoms with Crippen LogP contribution in [0.5, 0.6) is 5.75 Å². The lowest BCUT2D eigenvalue weighted by atomic mass is 10.3. The van der Waals surface area contributed by atoms with E-state index in [2.05, 4.69) is 5.32 Å². The van der Waals surface area contributed by atoms with Gasteiger partial charge in [-0.15, -0.1) is 0 Å². The number of ether oxygens (including phenoxy) is 2. The van der Waals surface area contributed by atoms with Gasteiger partial charge < -0.3 is 15.2 Å². The Kier molecular flexibility index (Phi) is 6.64. The van der Waals surface area contributed by atoms with Gasteiger partial charge in [-0.1, -0.05) is 19.4 Å². The lowest BCUT2D eigenvalue weighted by Crippen LogP contribution is -2.14. The molecule has 0 aliphatic heterocycles. The summed E-state index contributed by atoms with van der Waals surface area (Å²) < 4.78 is 10.4. The molecule has 0 saturated heterocycles. The van der Waals surface area contributed by atoms with Crippen LogP contribution >= 0.6 is 0 Å². The number of carbonyl (C=O) groups excluding carboxylic acids is 1. The topological polar surface area (TPSA) is 73.6 Å². The highest BCUT2D eigenvalue weighted by Gasteiger charge is 2.03. The summed E-state index contributed by atoms with van der Waals surface area (Å²) in [5.74, 6) is 0.673. The van der Waals surface area contributed by atoms with E-state index >= 15 is 0 Å². The van der Waals surface area contributed by atoms with E-state index in [4.69, 9.17) is 15.2 Å². The number of hydrogen-bond acceptors (Lipinski definition) is 4. The van der Waals surface area contributed by atoms with E-state index in [1.54, 1.807) is 18.2 Å². The maximum atomic E-state index is 11.4. The second-order valence-corrected chi connectivity index (χ2v) is 3.78. The van der Waals surface area contributed by atoms with Gasteiger partial charge in [0.1, 0.15) is 12.4 Å². The van der Waals surface area contributed by atoms with Crippen LogP contribution in [-0.4, -0.2) is 25.9 Å². The number of rotatable bonds is 7. The summed E-state index contributed by atoms with van der Waals surface area (Å²) in [6.45, 7) is 3.38. The Morgan fingerprint density at radius 1 is 1.39 bits per heavy atom. The molecule has 1 aromatic carbocycles. The molecule has 100 valence electrons. The molecular formula is C13H20N2O3. The van der Waals surface area contributed by atoms with Crippen molar-refractivity contribution < 1.29 is 14.3 Å². The number of hydrogen-bond donors (Lipinski definition) is 2. The minimum Gasteiger partial charge on any atom is -0.492 e. The highest BCUT2D eigenvalue weighted by Crippen LogP contribution is 2.17. The normalized spacial score (nSPS) is 9.89. The summed E-state index contributed by atoms with van der Waals surface area (Å²) in [6.07, 6.45) is 1.42. The van der Waals surface area contributed by atoms with Gasteiger partial charge in [0.2, 0.25) is 0 Å². The maximum absolute atomic E-state index is 11.4. The molecule has 0 atom stereocenters. The van der Waals surface area contributed by atoms with Gasteiger partial charge in [-0.25, -0.2) is 4.79 Å². The lowest BCUT2D eigenvalue weighted by molar-refractivity contribution is 0.160. The standard InChI is InChI=1S/C13H20N2O3/c1-2-3-8-18-13(16)15-11-5-4-6-12(10-11)17-9-7-14/h4-6,10H,2-3,7-9,14H2,1H3,(H,15,16). The predicted molar refractivity (Wildman–Crippen MR) is 70.9 cm³/mol. The molecule has 18 heavy (non-hydrogen) atoms. The Hall–Kier alpha value is -1.75. The van der Waals surface area contributed by atoms with Gasteiger partial charge >= 0.3 is 6.09 Å². The monoisotopic (exact) mass is 252 g/mol. The fourth-order valence-corrected chi connectivity index (χ4v) is 1.30. The molecule has 1 amide bonds. The molecule has 1 aromatic rings. The zero-order valence-electron chi connectivity index (χ0n) is 10.6. The molecule has 1 rings (SSSR count). The second-order valence-electron chi connectivity index (χ2n) is 3.78. The Bertz CT molecular complexity index is 369. The highest BCUT2D eigenvalue weighted by atomic mass is 16.5. The second kappa shape index (κ2) is 8.36. The Morgan fingerprint density at radius 3 is 2.94 bits per heavy atom. The molecule has 0 saturated carbocycles. The summed E-state index contributed by atoms with van der Waals surface area (Å²) >= 11 is 0. The average molecular weight is 252 g/mol. The molecule has 0 unspecified atom stereocenters. The minimum absolute atomic E-state index is 0.436. The first kappa shape index (κ1) is 14.3. The van der Waals surface area contributed by atoms with Crippen LogP contribution in [0.25, 0.3) is 0 Å². The van der Waals surface area contributed by atoms with Crippen molar-refractivity contribution in [3.8, 4) is 5.75 Å². The van der Waals surface area contributed by atoms with E-state index in [1.165, 1.54) is 0 Å². The van der Waals surface area contributed by atoms with Crippen LogP contribution in [0.15, 0.2) is 24.3 Å². The molecular weight excluding hydrogens is 232 g/mol. The largest absolute Gasteiger partial charge is 0.492 e. The third-order valence-electron chi connectivity index (χ3n) is 2.20. The number of anilines is 1. The van der Waals surface area contributed by atoms with Gasteiger partial charge in [0.25, 0.3) is 0 Å². The molecule has 5 heteroatoms. The van der Waals surface area contributed by atoms with Gasteiger partial charge in [0.05, 0.1) is 6.61 Å². The molecule has 0 heterocycles. The highest BCUT2D eigenvalue weighted by molar-refractivity contribution is 5.84. The maximum Gasteiger partial charge on any atom is 0.411 e. The molecule has 0 radical (unpaired) electrons. The number of nitrogens with two attached hydrogens (primary N) is 1. The number of unbranched alkanes of at least 4 members (excludes halogenated alkanes) is 1.